The van der Waals surface area contributed by atoms with Gasteiger partial charge in [-0.1, -0.05) is 26.0 Å². The molecule has 1 aliphatic heterocycles. The Morgan fingerprint density at radius 3 is 2.38 bits per heavy atom. The summed E-state index contributed by atoms with van der Waals surface area (Å²) in [7, 11) is 3.11. The minimum absolute atomic E-state index is 0.209. The van der Waals surface area contributed by atoms with E-state index in [9.17, 15) is 5.11 Å². The maximum absolute atomic E-state index is 10.6. The number of methoxy groups -OCH3 is 2. The summed E-state index contributed by atoms with van der Waals surface area (Å²) in [5.41, 5.74) is -0.999. The van der Waals surface area contributed by atoms with Crippen molar-refractivity contribution in [3.05, 3.63) is 25.3 Å². The lowest BCUT2D eigenvalue weighted by molar-refractivity contribution is 0.106. The SMILES string of the molecule is C=CCC(O)[C@]1(CC=C)N=C(OC)[C@@H](C(C)C)N=C1OC. The van der Waals surface area contributed by atoms with Gasteiger partial charge in [-0.15, -0.1) is 13.2 Å². The minimum atomic E-state index is -0.999. The average Bonchev–Trinajstić information content (AvgIpc) is 2.46. The van der Waals surface area contributed by atoms with Crippen LogP contribution in [-0.4, -0.2) is 48.8 Å². The van der Waals surface area contributed by atoms with Gasteiger partial charge in [-0.05, 0) is 12.3 Å². The molecule has 1 N–H and O–H groups in total. The third-order valence-corrected chi connectivity index (χ3v) is 3.62. The van der Waals surface area contributed by atoms with Crippen LogP contribution >= 0.6 is 0 Å². The number of aliphatic imine (C=N–C) groups is 2. The highest BCUT2D eigenvalue weighted by molar-refractivity contribution is 5.97. The maximum atomic E-state index is 10.6. The number of hydrogen-bond acceptors (Lipinski definition) is 5. The first-order chi connectivity index (χ1) is 9.96. The molecule has 0 aromatic heterocycles. The summed E-state index contributed by atoms with van der Waals surface area (Å²) in [5, 5.41) is 10.6. The average molecular weight is 294 g/mol. The van der Waals surface area contributed by atoms with Crippen LogP contribution in [0.4, 0.5) is 0 Å². The number of rotatable bonds is 6. The van der Waals surface area contributed by atoms with Crippen molar-refractivity contribution < 1.29 is 14.6 Å². The van der Waals surface area contributed by atoms with E-state index in [1.54, 1.807) is 26.4 Å². The van der Waals surface area contributed by atoms with Crippen LogP contribution in [0.1, 0.15) is 26.7 Å². The highest BCUT2D eigenvalue weighted by atomic mass is 16.5. The number of aliphatic hydroxyl groups is 1. The molecule has 5 heteroatoms. The highest BCUT2D eigenvalue weighted by Crippen LogP contribution is 2.32. The Morgan fingerprint density at radius 2 is 1.95 bits per heavy atom. The molecule has 0 fully saturated rings. The second-order valence-corrected chi connectivity index (χ2v) is 5.44. The summed E-state index contributed by atoms with van der Waals surface area (Å²) in [5.74, 6) is 1.14. The van der Waals surface area contributed by atoms with Gasteiger partial charge in [-0.25, -0.2) is 9.98 Å². The topological polar surface area (TPSA) is 63.4 Å². The van der Waals surface area contributed by atoms with E-state index < -0.39 is 11.6 Å². The first-order valence-electron chi connectivity index (χ1n) is 7.12. The number of hydrogen-bond donors (Lipinski definition) is 1. The molecule has 0 spiro atoms. The van der Waals surface area contributed by atoms with Gasteiger partial charge < -0.3 is 14.6 Å². The largest absolute Gasteiger partial charge is 0.483 e. The van der Waals surface area contributed by atoms with Crippen molar-refractivity contribution in [3.63, 3.8) is 0 Å². The van der Waals surface area contributed by atoms with Crippen molar-refractivity contribution in [2.24, 2.45) is 15.9 Å². The molecule has 21 heavy (non-hydrogen) atoms. The fourth-order valence-electron chi connectivity index (χ4n) is 2.49. The molecule has 5 nitrogen and oxygen atoms in total. The summed E-state index contributed by atoms with van der Waals surface area (Å²) in [4.78, 5) is 9.29. The molecule has 0 saturated heterocycles. The molecule has 1 aliphatic rings. The summed E-state index contributed by atoms with van der Waals surface area (Å²) in [6, 6.07) is -0.209. The molecule has 1 unspecified atom stereocenters. The molecule has 0 radical (unpaired) electrons. The molecule has 0 bridgehead atoms. The quantitative estimate of drug-likeness (QED) is 0.765. The third kappa shape index (κ3) is 3.35. The normalized spacial score (nSPS) is 26.7. The van der Waals surface area contributed by atoms with Crippen molar-refractivity contribution >= 4 is 11.8 Å². The fourth-order valence-corrected chi connectivity index (χ4v) is 2.49. The van der Waals surface area contributed by atoms with Gasteiger partial charge in [0.1, 0.15) is 6.04 Å². The van der Waals surface area contributed by atoms with Crippen molar-refractivity contribution in [2.75, 3.05) is 14.2 Å². The minimum Gasteiger partial charge on any atom is -0.483 e. The molecule has 0 aromatic carbocycles. The van der Waals surface area contributed by atoms with Gasteiger partial charge in [0.2, 0.25) is 11.8 Å². The molecule has 0 aliphatic carbocycles. The van der Waals surface area contributed by atoms with Gasteiger partial charge in [0.25, 0.3) is 0 Å². The molecule has 3 atom stereocenters. The standard InChI is InChI=1S/C16H26N2O3/c1-7-9-12(19)16(10-8-2)15(21-6)17-13(11(3)4)14(18-16)20-5/h7-8,11-13,19H,1-2,9-10H2,3-6H3/t12?,13-,16+/m1/s1. The fraction of sp³-hybridized carbons (Fsp3) is 0.625. The van der Waals surface area contributed by atoms with E-state index in [1.165, 1.54) is 0 Å². The van der Waals surface area contributed by atoms with E-state index >= 15 is 0 Å². The van der Waals surface area contributed by atoms with Crippen LogP contribution in [0.2, 0.25) is 0 Å². The molecular formula is C16H26N2O3. The lowest BCUT2D eigenvalue weighted by Crippen LogP contribution is -2.53. The van der Waals surface area contributed by atoms with E-state index in [0.717, 1.165) is 0 Å². The predicted molar refractivity (Wildman–Crippen MR) is 85.9 cm³/mol. The van der Waals surface area contributed by atoms with E-state index in [2.05, 4.69) is 23.1 Å². The third-order valence-electron chi connectivity index (χ3n) is 3.62. The van der Waals surface area contributed by atoms with Gasteiger partial charge in [0, 0.05) is 6.42 Å². The Labute approximate surface area is 127 Å². The highest BCUT2D eigenvalue weighted by Gasteiger charge is 2.47. The van der Waals surface area contributed by atoms with Crippen LogP contribution < -0.4 is 0 Å². The molecular weight excluding hydrogens is 268 g/mol. The predicted octanol–water partition coefficient (Wildman–Crippen LogP) is 2.37. The zero-order chi connectivity index (χ0) is 16.0. The van der Waals surface area contributed by atoms with Crippen LogP contribution in [0.15, 0.2) is 35.3 Å². The van der Waals surface area contributed by atoms with E-state index in [1.807, 2.05) is 13.8 Å². The molecule has 118 valence electrons. The Morgan fingerprint density at radius 1 is 1.29 bits per heavy atom. The Hall–Kier alpha value is -1.62. The van der Waals surface area contributed by atoms with Crippen LogP contribution in [0.25, 0.3) is 0 Å². The molecule has 0 aromatic rings. The lowest BCUT2D eigenvalue weighted by Gasteiger charge is -2.38. The molecule has 0 amide bonds. The monoisotopic (exact) mass is 294 g/mol. The van der Waals surface area contributed by atoms with E-state index in [4.69, 9.17) is 9.47 Å². The Balaban J connectivity index is 3.38. The molecule has 0 saturated carbocycles. The maximum Gasteiger partial charge on any atom is 0.215 e. The van der Waals surface area contributed by atoms with E-state index in [-0.39, 0.29) is 12.0 Å². The summed E-state index contributed by atoms with van der Waals surface area (Å²) < 4.78 is 10.8. The van der Waals surface area contributed by atoms with Crippen LogP contribution in [0.3, 0.4) is 0 Å². The van der Waals surface area contributed by atoms with Crippen molar-refractivity contribution in [1.29, 1.82) is 0 Å². The van der Waals surface area contributed by atoms with E-state index in [0.29, 0.717) is 24.6 Å². The van der Waals surface area contributed by atoms with Gasteiger partial charge in [0.15, 0.2) is 5.54 Å². The lowest BCUT2D eigenvalue weighted by atomic mass is 9.84. The summed E-state index contributed by atoms with van der Waals surface area (Å²) >= 11 is 0. The molecule has 1 rings (SSSR count). The zero-order valence-corrected chi connectivity index (χ0v) is 13.4. The van der Waals surface area contributed by atoms with Crippen LogP contribution in [0.5, 0.6) is 0 Å². The van der Waals surface area contributed by atoms with Crippen molar-refractivity contribution in [2.45, 2.75) is 44.4 Å². The number of aliphatic hydroxyl groups excluding tert-OH is 1. The molecule has 1 heterocycles. The van der Waals surface area contributed by atoms with Gasteiger partial charge in [-0.2, -0.15) is 0 Å². The summed E-state index contributed by atoms with van der Waals surface area (Å²) in [6.45, 7) is 11.5. The second-order valence-electron chi connectivity index (χ2n) is 5.44. The van der Waals surface area contributed by atoms with Crippen molar-refractivity contribution in [1.82, 2.24) is 0 Å². The summed E-state index contributed by atoms with van der Waals surface area (Å²) in [6.07, 6.45) is 3.34. The first kappa shape index (κ1) is 17.4. The van der Waals surface area contributed by atoms with Crippen LogP contribution in [0, 0.1) is 5.92 Å². The Bertz CT molecular complexity index is 443. The van der Waals surface area contributed by atoms with Gasteiger partial charge >= 0.3 is 0 Å². The van der Waals surface area contributed by atoms with Crippen LogP contribution in [-0.2, 0) is 9.47 Å². The van der Waals surface area contributed by atoms with Gasteiger partial charge in [0.05, 0.1) is 20.3 Å². The first-order valence-corrected chi connectivity index (χ1v) is 7.12. The smallest absolute Gasteiger partial charge is 0.215 e. The zero-order valence-electron chi connectivity index (χ0n) is 13.4. The van der Waals surface area contributed by atoms with Gasteiger partial charge in [-0.3, -0.25) is 0 Å². The number of ether oxygens (including phenoxy) is 2. The van der Waals surface area contributed by atoms with Crippen molar-refractivity contribution in [3.8, 4) is 0 Å². The Kier molecular flexibility index (Phi) is 6.15. The number of nitrogens with zero attached hydrogens (tertiary/aromatic N) is 2. The second kappa shape index (κ2) is 7.41.